The summed E-state index contributed by atoms with van der Waals surface area (Å²) in [4.78, 5) is 14.0. The average Bonchev–Trinajstić information content (AvgIpc) is 3.00. The minimum atomic E-state index is -0.148. The summed E-state index contributed by atoms with van der Waals surface area (Å²) in [7, 11) is 0. The second kappa shape index (κ2) is 5.24. The maximum Gasteiger partial charge on any atom is 0.410 e. The van der Waals surface area contributed by atoms with Crippen molar-refractivity contribution in [2.75, 3.05) is 13.1 Å². The molecule has 2 aliphatic rings. The van der Waals surface area contributed by atoms with Crippen molar-refractivity contribution in [1.82, 2.24) is 4.90 Å². The third-order valence-corrected chi connectivity index (χ3v) is 4.68. The number of rotatable bonds is 2. The number of hydrogen-bond acceptors (Lipinski definition) is 2. The van der Waals surface area contributed by atoms with E-state index in [0.717, 1.165) is 24.6 Å². The van der Waals surface area contributed by atoms with Crippen molar-refractivity contribution in [2.45, 2.75) is 26.4 Å². The lowest BCUT2D eigenvalue weighted by Gasteiger charge is -2.18. The fraction of sp³-hybridized carbons (Fsp3) is 0.562. The Hall–Kier alpha value is -1.51. The Morgan fingerprint density at radius 2 is 2.05 bits per heavy atom. The van der Waals surface area contributed by atoms with E-state index in [-0.39, 0.29) is 6.09 Å². The van der Waals surface area contributed by atoms with E-state index in [2.05, 4.69) is 6.92 Å². The lowest BCUT2D eigenvalue weighted by atomic mass is 9.94. The van der Waals surface area contributed by atoms with Crippen molar-refractivity contribution in [3.05, 3.63) is 35.9 Å². The molecule has 3 rings (SSSR count). The molecule has 3 nitrogen and oxygen atoms in total. The molecule has 1 saturated carbocycles. The van der Waals surface area contributed by atoms with E-state index in [1.807, 2.05) is 35.2 Å². The van der Waals surface area contributed by atoms with Gasteiger partial charge in [0.05, 0.1) is 0 Å². The lowest BCUT2D eigenvalue weighted by Crippen LogP contribution is -2.30. The summed E-state index contributed by atoms with van der Waals surface area (Å²) in [6, 6.07) is 9.85. The van der Waals surface area contributed by atoms with Gasteiger partial charge in [0, 0.05) is 13.1 Å². The molecule has 0 N–H and O–H groups in total. The molecule has 2 fully saturated rings. The standard InChI is InChI=1S/C16H21NO2/c1-12-7-8-14-9-17(10-15(12)14)16(18)19-11-13-5-3-2-4-6-13/h2-6,12,14-15H,7-11H2,1H3. The Morgan fingerprint density at radius 1 is 1.26 bits per heavy atom. The molecule has 1 aliphatic carbocycles. The minimum Gasteiger partial charge on any atom is -0.445 e. The minimum absolute atomic E-state index is 0.148. The first-order valence-corrected chi connectivity index (χ1v) is 7.19. The molecule has 1 aliphatic heterocycles. The Bertz CT molecular complexity index is 445. The third-order valence-electron chi connectivity index (χ3n) is 4.68. The van der Waals surface area contributed by atoms with Gasteiger partial charge in [0.1, 0.15) is 6.61 Å². The van der Waals surface area contributed by atoms with Crippen LogP contribution in [0.25, 0.3) is 0 Å². The summed E-state index contributed by atoms with van der Waals surface area (Å²) in [6.45, 7) is 4.46. The summed E-state index contributed by atoms with van der Waals surface area (Å²) < 4.78 is 5.40. The predicted molar refractivity (Wildman–Crippen MR) is 73.6 cm³/mol. The van der Waals surface area contributed by atoms with Gasteiger partial charge >= 0.3 is 6.09 Å². The number of carbonyl (C=O) groups excluding carboxylic acids is 1. The number of nitrogens with zero attached hydrogens (tertiary/aromatic N) is 1. The maximum atomic E-state index is 12.1. The second-order valence-electron chi connectivity index (χ2n) is 5.92. The van der Waals surface area contributed by atoms with E-state index in [0.29, 0.717) is 18.4 Å². The summed E-state index contributed by atoms with van der Waals surface area (Å²) >= 11 is 0. The van der Waals surface area contributed by atoms with Gasteiger partial charge in [0.2, 0.25) is 0 Å². The molecule has 1 saturated heterocycles. The van der Waals surface area contributed by atoms with Crippen LogP contribution in [0.15, 0.2) is 30.3 Å². The molecular weight excluding hydrogens is 238 g/mol. The van der Waals surface area contributed by atoms with Crippen molar-refractivity contribution in [3.63, 3.8) is 0 Å². The zero-order valence-corrected chi connectivity index (χ0v) is 11.4. The topological polar surface area (TPSA) is 29.5 Å². The fourth-order valence-corrected chi connectivity index (χ4v) is 3.50. The number of fused-ring (bicyclic) bond motifs is 1. The van der Waals surface area contributed by atoms with Crippen molar-refractivity contribution < 1.29 is 9.53 Å². The number of ether oxygens (including phenoxy) is 1. The molecule has 3 atom stereocenters. The van der Waals surface area contributed by atoms with E-state index in [9.17, 15) is 4.79 Å². The highest BCUT2D eigenvalue weighted by atomic mass is 16.6. The smallest absolute Gasteiger partial charge is 0.410 e. The molecule has 0 aromatic heterocycles. The molecule has 1 aromatic carbocycles. The lowest BCUT2D eigenvalue weighted by molar-refractivity contribution is 0.101. The van der Waals surface area contributed by atoms with E-state index in [1.54, 1.807) is 0 Å². The van der Waals surface area contributed by atoms with Crippen LogP contribution in [0.5, 0.6) is 0 Å². The van der Waals surface area contributed by atoms with Gasteiger partial charge in [-0.15, -0.1) is 0 Å². The van der Waals surface area contributed by atoms with Gasteiger partial charge in [-0.25, -0.2) is 4.79 Å². The summed E-state index contributed by atoms with van der Waals surface area (Å²) in [5, 5.41) is 0. The highest BCUT2D eigenvalue weighted by Gasteiger charge is 2.42. The number of carbonyl (C=O) groups is 1. The second-order valence-corrected chi connectivity index (χ2v) is 5.92. The highest BCUT2D eigenvalue weighted by Crippen LogP contribution is 2.41. The number of benzene rings is 1. The molecule has 102 valence electrons. The van der Waals surface area contributed by atoms with Gasteiger partial charge in [-0.2, -0.15) is 0 Å². The van der Waals surface area contributed by atoms with Crippen LogP contribution in [-0.2, 0) is 11.3 Å². The largest absolute Gasteiger partial charge is 0.445 e. The van der Waals surface area contributed by atoms with Crippen LogP contribution in [0.2, 0.25) is 0 Å². The van der Waals surface area contributed by atoms with Gasteiger partial charge in [0.15, 0.2) is 0 Å². The van der Waals surface area contributed by atoms with Gasteiger partial charge < -0.3 is 9.64 Å². The zero-order chi connectivity index (χ0) is 13.2. The molecule has 1 amide bonds. The first-order chi connectivity index (χ1) is 9.24. The van der Waals surface area contributed by atoms with Gasteiger partial charge in [-0.1, -0.05) is 43.7 Å². The molecule has 1 aromatic rings. The first kappa shape index (κ1) is 12.5. The Labute approximate surface area is 114 Å². The number of likely N-dealkylation sites (tertiary alicyclic amines) is 1. The first-order valence-electron chi connectivity index (χ1n) is 7.19. The van der Waals surface area contributed by atoms with Gasteiger partial charge in [-0.3, -0.25) is 0 Å². The summed E-state index contributed by atoms with van der Waals surface area (Å²) in [5.41, 5.74) is 1.05. The van der Waals surface area contributed by atoms with E-state index >= 15 is 0 Å². The van der Waals surface area contributed by atoms with Crippen LogP contribution in [0.4, 0.5) is 4.79 Å². The monoisotopic (exact) mass is 259 g/mol. The van der Waals surface area contributed by atoms with Crippen molar-refractivity contribution in [2.24, 2.45) is 17.8 Å². The summed E-state index contributed by atoms with van der Waals surface area (Å²) in [5.74, 6) is 2.17. The van der Waals surface area contributed by atoms with Crippen LogP contribution in [0, 0.1) is 17.8 Å². The molecule has 3 unspecified atom stereocenters. The third kappa shape index (κ3) is 2.60. The SMILES string of the molecule is CC1CCC2CN(C(=O)OCc3ccccc3)CC12. The van der Waals surface area contributed by atoms with Crippen molar-refractivity contribution in [1.29, 1.82) is 0 Å². The molecule has 3 heteroatoms. The summed E-state index contributed by atoms with van der Waals surface area (Å²) in [6.07, 6.45) is 2.45. The van der Waals surface area contributed by atoms with Crippen LogP contribution in [-0.4, -0.2) is 24.1 Å². The average molecular weight is 259 g/mol. The van der Waals surface area contributed by atoms with E-state index < -0.39 is 0 Å². The van der Waals surface area contributed by atoms with Crippen LogP contribution in [0.1, 0.15) is 25.3 Å². The van der Waals surface area contributed by atoms with E-state index in [4.69, 9.17) is 4.74 Å². The molecule has 1 heterocycles. The van der Waals surface area contributed by atoms with Crippen LogP contribution < -0.4 is 0 Å². The zero-order valence-electron chi connectivity index (χ0n) is 11.4. The Morgan fingerprint density at radius 3 is 2.79 bits per heavy atom. The maximum absolute atomic E-state index is 12.1. The van der Waals surface area contributed by atoms with E-state index in [1.165, 1.54) is 12.8 Å². The normalized spacial score (nSPS) is 29.3. The fourth-order valence-electron chi connectivity index (χ4n) is 3.50. The quantitative estimate of drug-likeness (QED) is 0.815. The van der Waals surface area contributed by atoms with Crippen LogP contribution >= 0.6 is 0 Å². The molecular formula is C16H21NO2. The molecule has 0 bridgehead atoms. The van der Waals surface area contributed by atoms with Crippen molar-refractivity contribution >= 4 is 6.09 Å². The molecule has 19 heavy (non-hydrogen) atoms. The predicted octanol–water partition coefficient (Wildman–Crippen LogP) is 3.30. The highest BCUT2D eigenvalue weighted by molar-refractivity contribution is 5.68. The molecule has 0 spiro atoms. The van der Waals surface area contributed by atoms with Gasteiger partial charge in [-0.05, 0) is 29.7 Å². The molecule has 0 radical (unpaired) electrons. The number of hydrogen-bond donors (Lipinski definition) is 0. The number of amides is 1. The Balaban J connectivity index is 1.52. The Kier molecular flexibility index (Phi) is 3.45. The van der Waals surface area contributed by atoms with Crippen LogP contribution in [0.3, 0.4) is 0 Å². The van der Waals surface area contributed by atoms with Gasteiger partial charge in [0.25, 0.3) is 0 Å². The van der Waals surface area contributed by atoms with Crippen molar-refractivity contribution in [3.8, 4) is 0 Å².